The van der Waals surface area contributed by atoms with Gasteiger partial charge in [0, 0.05) is 12.6 Å². The molecule has 0 bridgehead atoms. The first-order valence-electron chi connectivity index (χ1n) is 4.96. The standard InChI is InChI=1S/C10H14F2N2O2S/c1-6(2)14-5-7-3-8(11)10(12)9(4-7)17(13,15)16/h3-4,6,14H,5H2,1-2H3,(H2,13,15,16). The molecule has 0 amide bonds. The van der Waals surface area contributed by atoms with Gasteiger partial charge in [0.2, 0.25) is 10.0 Å². The smallest absolute Gasteiger partial charge is 0.241 e. The van der Waals surface area contributed by atoms with Crippen molar-refractivity contribution in [2.45, 2.75) is 31.3 Å². The fourth-order valence-corrected chi connectivity index (χ4v) is 1.91. The predicted octanol–water partition coefficient (Wildman–Crippen LogP) is 1.11. The minimum absolute atomic E-state index is 0.140. The summed E-state index contributed by atoms with van der Waals surface area (Å²) in [5, 5.41) is 7.76. The highest BCUT2D eigenvalue weighted by atomic mass is 32.2. The Kier molecular flexibility index (Phi) is 4.18. The van der Waals surface area contributed by atoms with E-state index in [0.717, 1.165) is 12.1 Å². The van der Waals surface area contributed by atoms with E-state index in [4.69, 9.17) is 5.14 Å². The summed E-state index contributed by atoms with van der Waals surface area (Å²) < 4.78 is 48.5. The van der Waals surface area contributed by atoms with Crippen molar-refractivity contribution in [3.63, 3.8) is 0 Å². The topological polar surface area (TPSA) is 72.2 Å². The molecule has 96 valence electrons. The van der Waals surface area contributed by atoms with Gasteiger partial charge in [0.25, 0.3) is 0 Å². The van der Waals surface area contributed by atoms with Crippen LogP contribution in [0.2, 0.25) is 0 Å². The summed E-state index contributed by atoms with van der Waals surface area (Å²) in [7, 11) is -4.26. The monoisotopic (exact) mass is 264 g/mol. The van der Waals surface area contributed by atoms with Crippen LogP contribution in [0.1, 0.15) is 19.4 Å². The lowest BCUT2D eigenvalue weighted by molar-refractivity contribution is 0.481. The maximum Gasteiger partial charge on any atom is 0.241 e. The summed E-state index contributed by atoms with van der Waals surface area (Å²) in [4.78, 5) is -0.821. The molecule has 0 aliphatic carbocycles. The Labute approximate surface area is 98.9 Å². The third kappa shape index (κ3) is 3.72. The number of benzene rings is 1. The summed E-state index contributed by atoms with van der Waals surface area (Å²) in [6, 6.07) is 2.11. The van der Waals surface area contributed by atoms with Crippen molar-refractivity contribution in [1.29, 1.82) is 0 Å². The fraction of sp³-hybridized carbons (Fsp3) is 0.400. The average Bonchev–Trinajstić information content (AvgIpc) is 2.17. The Morgan fingerprint density at radius 1 is 1.35 bits per heavy atom. The van der Waals surface area contributed by atoms with E-state index in [0.29, 0.717) is 5.56 Å². The minimum Gasteiger partial charge on any atom is -0.310 e. The van der Waals surface area contributed by atoms with Crippen LogP contribution in [-0.2, 0) is 16.6 Å². The van der Waals surface area contributed by atoms with E-state index < -0.39 is 26.6 Å². The zero-order chi connectivity index (χ0) is 13.2. The maximum atomic E-state index is 13.2. The molecule has 0 aliphatic rings. The number of hydrogen-bond acceptors (Lipinski definition) is 3. The average molecular weight is 264 g/mol. The Hall–Kier alpha value is -1.05. The SMILES string of the molecule is CC(C)NCc1cc(F)c(F)c(S(N)(=O)=O)c1. The summed E-state index contributed by atoms with van der Waals surface area (Å²) in [5.41, 5.74) is 0.321. The molecule has 0 saturated carbocycles. The van der Waals surface area contributed by atoms with Crippen LogP contribution in [-0.4, -0.2) is 14.5 Å². The normalized spacial score (nSPS) is 12.1. The van der Waals surface area contributed by atoms with Crippen molar-refractivity contribution in [2.24, 2.45) is 5.14 Å². The van der Waals surface area contributed by atoms with Gasteiger partial charge in [0.05, 0.1) is 0 Å². The first kappa shape index (κ1) is 14.0. The van der Waals surface area contributed by atoms with Crippen LogP contribution in [0, 0.1) is 11.6 Å². The van der Waals surface area contributed by atoms with Gasteiger partial charge < -0.3 is 5.32 Å². The highest BCUT2D eigenvalue weighted by Gasteiger charge is 2.19. The van der Waals surface area contributed by atoms with Crippen molar-refractivity contribution < 1.29 is 17.2 Å². The zero-order valence-corrected chi connectivity index (χ0v) is 10.3. The number of halogens is 2. The lowest BCUT2D eigenvalue weighted by Crippen LogP contribution is -2.22. The number of sulfonamides is 1. The number of nitrogens with one attached hydrogen (secondary N) is 1. The molecule has 0 heterocycles. The molecule has 3 N–H and O–H groups in total. The summed E-state index contributed by atoms with van der Waals surface area (Å²) in [6.07, 6.45) is 0. The Morgan fingerprint density at radius 2 is 1.94 bits per heavy atom. The molecule has 0 atom stereocenters. The number of nitrogens with two attached hydrogens (primary N) is 1. The Bertz CT molecular complexity index is 515. The van der Waals surface area contributed by atoms with Crippen molar-refractivity contribution in [1.82, 2.24) is 5.32 Å². The van der Waals surface area contributed by atoms with Crippen LogP contribution < -0.4 is 10.5 Å². The lowest BCUT2D eigenvalue weighted by Gasteiger charge is -2.10. The van der Waals surface area contributed by atoms with Crippen LogP contribution >= 0.6 is 0 Å². The molecular formula is C10H14F2N2O2S. The van der Waals surface area contributed by atoms with E-state index in [1.807, 2.05) is 13.8 Å². The molecule has 17 heavy (non-hydrogen) atoms. The highest BCUT2D eigenvalue weighted by Crippen LogP contribution is 2.18. The van der Waals surface area contributed by atoms with Gasteiger partial charge in [-0.25, -0.2) is 22.3 Å². The van der Waals surface area contributed by atoms with Gasteiger partial charge in [-0.1, -0.05) is 13.8 Å². The van der Waals surface area contributed by atoms with Crippen LogP contribution in [0.5, 0.6) is 0 Å². The van der Waals surface area contributed by atoms with E-state index in [-0.39, 0.29) is 12.6 Å². The van der Waals surface area contributed by atoms with Crippen LogP contribution in [0.4, 0.5) is 8.78 Å². The molecule has 4 nitrogen and oxygen atoms in total. The van der Waals surface area contributed by atoms with Gasteiger partial charge in [0.15, 0.2) is 11.6 Å². The van der Waals surface area contributed by atoms with Gasteiger partial charge in [-0.15, -0.1) is 0 Å². The van der Waals surface area contributed by atoms with E-state index in [1.165, 1.54) is 0 Å². The van der Waals surface area contributed by atoms with Crippen molar-refractivity contribution in [3.8, 4) is 0 Å². The van der Waals surface area contributed by atoms with Gasteiger partial charge in [-0.2, -0.15) is 0 Å². The third-order valence-corrected chi connectivity index (χ3v) is 2.99. The molecule has 0 aromatic heterocycles. The lowest BCUT2D eigenvalue weighted by atomic mass is 10.2. The summed E-state index contributed by atoms with van der Waals surface area (Å²) >= 11 is 0. The second-order valence-electron chi connectivity index (χ2n) is 3.97. The Morgan fingerprint density at radius 3 is 2.41 bits per heavy atom. The van der Waals surface area contributed by atoms with Crippen LogP contribution in [0.25, 0.3) is 0 Å². The minimum atomic E-state index is -4.26. The summed E-state index contributed by atoms with van der Waals surface area (Å²) in [5.74, 6) is -2.67. The molecule has 0 fully saturated rings. The zero-order valence-electron chi connectivity index (χ0n) is 9.50. The van der Waals surface area contributed by atoms with E-state index in [9.17, 15) is 17.2 Å². The summed E-state index contributed by atoms with van der Waals surface area (Å²) in [6.45, 7) is 3.98. The van der Waals surface area contributed by atoms with Crippen molar-refractivity contribution in [2.75, 3.05) is 0 Å². The Balaban J connectivity index is 3.16. The second-order valence-corrected chi connectivity index (χ2v) is 5.50. The molecule has 7 heteroatoms. The number of primary sulfonamides is 1. The molecular weight excluding hydrogens is 250 g/mol. The largest absolute Gasteiger partial charge is 0.310 e. The molecule has 1 aromatic rings. The first-order valence-corrected chi connectivity index (χ1v) is 6.50. The molecule has 0 aliphatic heterocycles. The predicted molar refractivity (Wildman–Crippen MR) is 59.7 cm³/mol. The van der Waals surface area contributed by atoms with Crippen LogP contribution in [0.15, 0.2) is 17.0 Å². The van der Waals surface area contributed by atoms with Crippen molar-refractivity contribution in [3.05, 3.63) is 29.3 Å². The molecule has 0 spiro atoms. The van der Waals surface area contributed by atoms with E-state index >= 15 is 0 Å². The molecule has 1 aromatic carbocycles. The first-order chi connectivity index (χ1) is 7.71. The van der Waals surface area contributed by atoms with Crippen molar-refractivity contribution >= 4 is 10.0 Å². The molecule has 0 saturated heterocycles. The maximum absolute atomic E-state index is 13.2. The van der Waals surface area contributed by atoms with Gasteiger partial charge in [0.1, 0.15) is 4.90 Å². The van der Waals surface area contributed by atoms with Gasteiger partial charge in [-0.3, -0.25) is 0 Å². The van der Waals surface area contributed by atoms with Gasteiger partial charge in [-0.05, 0) is 17.7 Å². The van der Waals surface area contributed by atoms with E-state index in [2.05, 4.69) is 5.32 Å². The molecule has 1 rings (SSSR count). The molecule has 0 radical (unpaired) electrons. The fourth-order valence-electron chi connectivity index (χ4n) is 1.25. The number of hydrogen-bond donors (Lipinski definition) is 2. The van der Waals surface area contributed by atoms with Crippen LogP contribution in [0.3, 0.4) is 0 Å². The number of rotatable bonds is 4. The van der Waals surface area contributed by atoms with Gasteiger partial charge >= 0.3 is 0 Å². The highest BCUT2D eigenvalue weighted by molar-refractivity contribution is 7.89. The molecule has 0 unspecified atom stereocenters. The quantitative estimate of drug-likeness (QED) is 0.855. The second kappa shape index (κ2) is 5.07. The van der Waals surface area contributed by atoms with E-state index in [1.54, 1.807) is 0 Å². The third-order valence-electron chi connectivity index (χ3n) is 2.08.